The van der Waals surface area contributed by atoms with E-state index >= 15 is 0 Å². The van der Waals surface area contributed by atoms with Crippen LogP contribution >= 0.6 is 0 Å². The monoisotopic (exact) mass is 202 g/mol. The standard InChI is InChI=1S/C11H11F3/c1-6-2-3-8-7(4-6)5-9(12)11(14)10(8)13/h5-6H,2-4H2,1H3/i3D2. The molecule has 0 saturated heterocycles. The van der Waals surface area contributed by atoms with Crippen LogP contribution in [0.2, 0.25) is 0 Å². The molecular formula is C11H11F3. The molecule has 0 nitrogen and oxygen atoms in total. The molecule has 0 heterocycles. The molecule has 0 N–H and O–H groups in total. The van der Waals surface area contributed by atoms with Crippen LogP contribution < -0.4 is 0 Å². The highest BCUT2D eigenvalue weighted by Gasteiger charge is 2.23. The Morgan fingerprint density at radius 1 is 1.36 bits per heavy atom. The maximum absolute atomic E-state index is 13.5. The Kier molecular flexibility index (Phi) is 1.72. The molecule has 76 valence electrons. The van der Waals surface area contributed by atoms with Crippen LogP contribution in [0, 0.1) is 23.4 Å². The fraction of sp³-hybridized carbons (Fsp3) is 0.455. The Labute approximate surface area is 83.6 Å². The Hall–Kier alpha value is -0.990. The van der Waals surface area contributed by atoms with Crippen LogP contribution in [0.5, 0.6) is 0 Å². The number of hydrogen-bond donors (Lipinski definition) is 0. The molecule has 1 aliphatic carbocycles. The van der Waals surface area contributed by atoms with Crippen molar-refractivity contribution in [2.45, 2.75) is 26.1 Å². The molecule has 0 fully saturated rings. The maximum atomic E-state index is 13.5. The average molecular weight is 202 g/mol. The molecule has 1 atom stereocenters. The summed E-state index contributed by atoms with van der Waals surface area (Å²) in [7, 11) is 0. The molecule has 0 amide bonds. The second-order valence-electron chi connectivity index (χ2n) is 3.71. The van der Waals surface area contributed by atoms with Crippen molar-refractivity contribution in [1.82, 2.24) is 0 Å². The molecule has 2 rings (SSSR count). The van der Waals surface area contributed by atoms with Crippen molar-refractivity contribution in [1.29, 1.82) is 0 Å². The van der Waals surface area contributed by atoms with Gasteiger partial charge in [0.2, 0.25) is 0 Å². The van der Waals surface area contributed by atoms with Gasteiger partial charge in [-0.2, -0.15) is 0 Å². The van der Waals surface area contributed by atoms with Crippen molar-refractivity contribution in [2.75, 3.05) is 0 Å². The summed E-state index contributed by atoms with van der Waals surface area (Å²) < 4.78 is 54.9. The van der Waals surface area contributed by atoms with E-state index in [0.717, 1.165) is 6.07 Å². The topological polar surface area (TPSA) is 0 Å². The highest BCUT2D eigenvalue weighted by molar-refractivity contribution is 5.32. The number of halogens is 3. The molecule has 0 radical (unpaired) electrons. The van der Waals surface area contributed by atoms with E-state index in [1.165, 1.54) is 0 Å². The van der Waals surface area contributed by atoms with Gasteiger partial charge in [-0.15, -0.1) is 0 Å². The first-order chi connectivity index (χ1) is 7.33. The summed E-state index contributed by atoms with van der Waals surface area (Å²) in [5.41, 5.74) is -0.0790. The lowest BCUT2D eigenvalue weighted by atomic mass is 9.84. The molecule has 14 heavy (non-hydrogen) atoms. The van der Waals surface area contributed by atoms with Gasteiger partial charge in [0.1, 0.15) is 0 Å². The summed E-state index contributed by atoms with van der Waals surface area (Å²) in [6, 6.07) is 0.904. The van der Waals surface area contributed by atoms with Gasteiger partial charge in [0, 0.05) is 2.74 Å². The average Bonchev–Trinajstić information content (AvgIpc) is 2.11. The summed E-state index contributed by atoms with van der Waals surface area (Å²) in [5, 5.41) is 0. The van der Waals surface area contributed by atoms with Crippen LogP contribution in [-0.2, 0) is 12.8 Å². The zero-order chi connectivity index (χ0) is 12.1. The lowest BCUT2D eigenvalue weighted by Gasteiger charge is -2.21. The summed E-state index contributed by atoms with van der Waals surface area (Å²) >= 11 is 0. The van der Waals surface area contributed by atoms with E-state index in [4.69, 9.17) is 2.74 Å². The fourth-order valence-electron chi connectivity index (χ4n) is 1.72. The third-order valence-corrected chi connectivity index (χ3v) is 2.44. The number of hydrogen-bond acceptors (Lipinski definition) is 0. The number of fused-ring (bicyclic) bond motifs is 1. The molecule has 0 aliphatic heterocycles. The van der Waals surface area contributed by atoms with Crippen molar-refractivity contribution in [3.05, 3.63) is 34.6 Å². The number of benzene rings is 1. The van der Waals surface area contributed by atoms with Gasteiger partial charge in [-0.1, -0.05) is 6.92 Å². The third kappa shape index (κ3) is 1.41. The van der Waals surface area contributed by atoms with Crippen LogP contribution in [0.25, 0.3) is 0 Å². The molecular weight excluding hydrogens is 189 g/mol. The van der Waals surface area contributed by atoms with Crippen LogP contribution in [-0.4, -0.2) is 0 Å². The van der Waals surface area contributed by atoms with E-state index < -0.39 is 23.8 Å². The molecule has 0 aromatic heterocycles. The van der Waals surface area contributed by atoms with Crippen molar-refractivity contribution in [3.63, 3.8) is 0 Å². The van der Waals surface area contributed by atoms with Crippen molar-refractivity contribution >= 4 is 0 Å². The van der Waals surface area contributed by atoms with E-state index in [9.17, 15) is 13.2 Å². The quantitative estimate of drug-likeness (QED) is 0.566. The normalized spacial score (nSPS) is 26.4. The summed E-state index contributed by atoms with van der Waals surface area (Å²) in [6.07, 6.45) is -1.42. The van der Waals surface area contributed by atoms with E-state index in [1.54, 1.807) is 6.92 Å². The molecule has 0 saturated carbocycles. The summed E-state index contributed by atoms with van der Waals surface area (Å²) in [4.78, 5) is 0. The minimum Gasteiger partial charge on any atom is -0.204 e. The van der Waals surface area contributed by atoms with Crippen molar-refractivity contribution < 1.29 is 15.9 Å². The molecule has 3 heteroatoms. The van der Waals surface area contributed by atoms with Crippen molar-refractivity contribution in [3.8, 4) is 0 Å². The SMILES string of the molecule is [2H]C1([2H])CC(C)Cc2cc(F)c(F)c(F)c21. The van der Waals surface area contributed by atoms with Crippen LogP contribution in [0.1, 0.15) is 27.2 Å². The van der Waals surface area contributed by atoms with Gasteiger partial charge in [0.25, 0.3) is 0 Å². The van der Waals surface area contributed by atoms with Gasteiger partial charge in [-0.25, -0.2) is 13.2 Å². The largest absolute Gasteiger partial charge is 0.204 e. The van der Waals surface area contributed by atoms with E-state index in [2.05, 4.69) is 0 Å². The molecule has 1 aromatic carbocycles. The molecule has 0 bridgehead atoms. The van der Waals surface area contributed by atoms with Crippen molar-refractivity contribution in [2.24, 2.45) is 5.92 Å². The predicted molar refractivity (Wildman–Crippen MR) is 47.5 cm³/mol. The first kappa shape index (κ1) is 7.32. The van der Waals surface area contributed by atoms with Crippen LogP contribution in [0.4, 0.5) is 13.2 Å². The lowest BCUT2D eigenvalue weighted by Crippen LogP contribution is -2.14. The van der Waals surface area contributed by atoms with Gasteiger partial charge in [-0.05, 0) is 42.3 Å². The third-order valence-electron chi connectivity index (χ3n) is 2.44. The molecule has 1 aliphatic rings. The Morgan fingerprint density at radius 3 is 2.79 bits per heavy atom. The zero-order valence-electron chi connectivity index (χ0n) is 9.70. The second-order valence-corrected chi connectivity index (χ2v) is 3.71. The van der Waals surface area contributed by atoms with Crippen LogP contribution in [0.15, 0.2) is 6.07 Å². The fourth-order valence-corrected chi connectivity index (χ4v) is 1.72. The predicted octanol–water partition coefficient (Wildman–Crippen LogP) is 3.23. The minimum absolute atomic E-state index is 0.00763. The smallest absolute Gasteiger partial charge is 0.194 e. The van der Waals surface area contributed by atoms with E-state index in [1.807, 2.05) is 0 Å². The van der Waals surface area contributed by atoms with E-state index in [-0.39, 0.29) is 23.5 Å². The summed E-state index contributed by atoms with van der Waals surface area (Å²) in [6.45, 7) is 1.81. The Balaban J connectivity index is 2.69. The van der Waals surface area contributed by atoms with E-state index in [0.29, 0.717) is 6.42 Å². The molecule has 1 aromatic rings. The highest BCUT2D eigenvalue weighted by atomic mass is 19.2. The molecule has 1 unspecified atom stereocenters. The maximum Gasteiger partial charge on any atom is 0.194 e. The first-order valence-electron chi connectivity index (χ1n) is 5.50. The van der Waals surface area contributed by atoms with Gasteiger partial charge in [-0.3, -0.25) is 0 Å². The van der Waals surface area contributed by atoms with Gasteiger partial charge in [0.05, 0.1) is 0 Å². The molecule has 0 spiro atoms. The van der Waals surface area contributed by atoms with Gasteiger partial charge < -0.3 is 0 Å². The lowest BCUT2D eigenvalue weighted by molar-refractivity contribution is 0.418. The van der Waals surface area contributed by atoms with Gasteiger partial charge in [0.15, 0.2) is 17.5 Å². The number of rotatable bonds is 0. The zero-order valence-corrected chi connectivity index (χ0v) is 7.70. The Bertz CT molecular complexity index is 443. The van der Waals surface area contributed by atoms with Crippen LogP contribution in [0.3, 0.4) is 0 Å². The highest BCUT2D eigenvalue weighted by Crippen LogP contribution is 2.29. The Morgan fingerprint density at radius 2 is 2.07 bits per heavy atom. The van der Waals surface area contributed by atoms with Gasteiger partial charge >= 0.3 is 0 Å². The minimum atomic E-state index is -1.92. The second kappa shape index (κ2) is 3.30. The summed E-state index contributed by atoms with van der Waals surface area (Å²) in [5.74, 6) is -4.23. The first-order valence-corrected chi connectivity index (χ1v) is 4.50.